The van der Waals surface area contributed by atoms with Crippen LogP contribution in [0.15, 0.2) is 48.5 Å². The topological polar surface area (TPSA) is 31.4 Å². The minimum atomic E-state index is 0.446. The molecule has 0 saturated heterocycles. The van der Waals surface area contributed by atoms with Gasteiger partial charge in [0.25, 0.3) is 0 Å². The van der Waals surface area contributed by atoms with Crippen molar-refractivity contribution in [2.24, 2.45) is 0 Å². The lowest BCUT2D eigenvalue weighted by Gasteiger charge is -2.06. The van der Waals surface area contributed by atoms with Gasteiger partial charge in [0.2, 0.25) is 5.88 Å². The average molecular weight is 215 g/mol. The number of benzene rings is 1. The first-order valence-electron chi connectivity index (χ1n) is 5.06. The van der Waals surface area contributed by atoms with Crippen LogP contribution in [0.4, 0.5) is 0 Å². The first-order valence-corrected chi connectivity index (χ1v) is 5.06. The summed E-state index contributed by atoms with van der Waals surface area (Å²) in [5.41, 5.74) is 0.850. The highest BCUT2D eigenvalue weighted by atomic mass is 16.5. The first-order chi connectivity index (χ1) is 7.88. The zero-order valence-electron chi connectivity index (χ0n) is 9.09. The molecule has 0 aliphatic carbocycles. The third-order valence-corrected chi connectivity index (χ3v) is 2.12. The Hall–Kier alpha value is -2.03. The molecule has 1 heterocycles. The molecule has 0 aliphatic rings. The summed E-state index contributed by atoms with van der Waals surface area (Å²) in [6.45, 7) is 0.446. The maximum absolute atomic E-state index is 5.57. The van der Waals surface area contributed by atoms with Gasteiger partial charge in [0.1, 0.15) is 12.4 Å². The molecule has 1 aromatic carbocycles. The third kappa shape index (κ3) is 2.73. The van der Waals surface area contributed by atoms with Crippen LogP contribution in [0.25, 0.3) is 0 Å². The molecule has 3 nitrogen and oxygen atoms in total. The first kappa shape index (κ1) is 10.5. The van der Waals surface area contributed by atoms with Crippen LogP contribution >= 0.6 is 0 Å². The van der Waals surface area contributed by atoms with E-state index in [0.717, 1.165) is 11.4 Å². The van der Waals surface area contributed by atoms with Crippen molar-refractivity contribution in [3.8, 4) is 11.6 Å². The second-order valence-corrected chi connectivity index (χ2v) is 3.27. The van der Waals surface area contributed by atoms with Crippen LogP contribution in [-0.4, -0.2) is 12.1 Å². The normalized spacial score (nSPS) is 9.81. The number of hydrogen-bond acceptors (Lipinski definition) is 3. The van der Waals surface area contributed by atoms with Gasteiger partial charge in [0.05, 0.1) is 12.8 Å². The van der Waals surface area contributed by atoms with Crippen LogP contribution < -0.4 is 9.47 Å². The summed E-state index contributed by atoms with van der Waals surface area (Å²) in [7, 11) is 1.60. The van der Waals surface area contributed by atoms with E-state index >= 15 is 0 Å². The standard InChI is InChI=1S/C13H13NO2/c1-15-13-9-5-6-11(14-13)10-16-12-7-3-2-4-8-12/h2-9H,10H2,1H3. The molecule has 0 atom stereocenters. The molecule has 0 aliphatic heterocycles. The van der Waals surface area contributed by atoms with Crippen molar-refractivity contribution < 1.29 is 9.47 Å². The number of pyridine rings is 1. The van der Waals surface area contributed by atoms with Crippen molar-refractivity contribution in [2.75, 3.05) is 7.11 Å². The van der Waals surface area contributed by atoms with Crippen LogP contribution in [0.2, 0.25) is 0 Å². The molecule has 16 heavy (non-hydrogen) atoms. The van der Waals surface area contributed by atoms with Crippen LogP contribution in [0.5, 0.6) is 11.6 Å². The number of rotatable bonds is 4. The van der Waals surface area contributed by atoms with Crippen LogP contribution in [0.3, 0.4) is 0 Å². The fourth-order valence-corrected chi connectivity index (χ4v) is 1.33. The van der Waals surface area contributed by atoms with Crippen molar-refractivity contribution in [2.45, 2.75) is 6.61 Å². The predicted molar refractivity (Wildman–Crippen MR) is 61.6 cm³/mol. The highest BCUT2D eigenvalue weighted by Gasteiger charge is 1.98. The molecule has 1 aromatic heterocycles. The molecule has 0 amide bonds. The van der Waals surface area contributed by atoms with Gasteiger partial charge < -0.3 is 9.47 Å². The predicted octanol–water partition coefficient (Wildman–Crippen LogP) is 2.67. The smallest absolute Gasteiger partial charge is 0.213 e. The highest BCUT2D eigenvalue weighted by Crippen LogP contribution is 2.12. The van der Waals surface area contributed by atoms with Gasteiger partial charge in [-0.3, -0.25) is 0 Å². The van der Waals surface area contributed by atoms with E-state index in [0.29, 0.717) is 12.5 Å². The largest absolute Gasteiger partial charge is 0.487 e. The molecule has 0 unspecified atom stereocenters. The summed E-state index contributed by atoms with van der Waals surface area (Å²) < 4.78 is 10.6. The van der Waals surface area contributed by atoms with E-state index in [1.54, 1.807) is 7.11 Å². The van der Waals surface area contributed by atoms with Gasteiger partial charge in [0, 0.05) is 6.07 Å². The van der Waals surface area contributed by atoms with E-state index in [9.17, 15) is 0 Å². The molecular formula is C13H13NO2. The molecule has 0 bridgehead atoms. The van der Waals surface area contributed by atoms with Crippen molar-refractivity contribution in [3.05, 3.63) is 54.2 Å². The Kier molecular flexibility index (Phi) is 3.38. The van der Waals surface area contributed by atoms with E-state index in [2.05, 4.69) is 4.98 Å². The Bertz CT molecular complexity index is 443. The molecule has 3 heteroatoms. The number of hydrogen-bond donors (Lipinski definition) is 0. The SMILES string of the molecule is COc1cccc(COc2ccccc2)n1. The van der Waals surface area contributed by atoms with Gasteiger partial charge in [-0.15, -0.1) is 0 Å². The maximum Gasteiger partial charge on any atom is 0.213 e. The third-order valence-electron chi connectivity index (χ3n) is 2.12. The monoisotopic (exact) mass is 215 g/mol. The number of nitrogens with zero attached hydrogens (tertiary/aromatic N) is 1. The van der Waals surface area contributed by atoms with E-state index in [1.165, 1.54) is 0 Å². The highest BCUT2D eigenvalue weighted by molar-refractivity contribution is 5.22. The van der Waals surface area contributed by atoms with E-state index in [4.69, 9.17) is 9.47 Å². The average Bonchev–Trinajstić information content (AvgIpc) is 2.38. The molecular weight excluding hydrogens is 202 g/mol. The molecule has 0 spiro atoms. The van der Waals surface area contributed by atoms with Gasteiger partial charge in [-0.05, 0) is 18.2 Å². The lowest BCUT2D eigenvalue weighted by atomic mass is 10.3. The second-order valence-electron chi connectivity index (χ2n) is 3.27. The molecule has 0 N–H and O–H groups in total. The fraction of sp³-hybridized carbons (Fsp3) is 0.154. The second kappa shape index (κ2) is 5.16. The summed E-state index contributed by atoms with van der Waals surface area (Å²) >= 11 is 0. The van der Waals surface area contributed by atoms with Crippen molar-refractivity contribution in [1.82, 2.24) is 4.98 Å². The minimum Gasteiger partial charge on any atom is -0.487 e. The lowest BCUT2D eigenvalue weighted by Crippen LogP contribution is -1.99. The summed E-state index contributed by atoms with van der Waals surface area (Å²) in [5, 5.41) is 0. The molecule has 0 radical (unpaired) electrons. The van der Waals surface area contributed by atoms with Gasteiger partial charge >= 0.3 is 0 Å². The van der Waals surface area contributed by atoms with Crippen molar-refractivity contribution >= 4 is 0 Å². The van der Waals surface area contributed by atoms with Crippen molar-refractivity contribution in [3.63, 3.8) is 0 Å². The Labute approximate surface area is 94.7 Å². The summed E-state index contributed by atoms with van der Waals surface area (Å²) in [4.78, 5) is 4.26. The minimum absolute atomic E-state index is 0.446. The number of ether oxygens (including phenoxy) is 2. The van der Waals surface area contributed by atoms with E-state index in [1.807, 2.05) is 48.5 Å². The van der Waals surface area contributed by atoms with Crippen LogP contribution in [-0.2, 0) is 6.61 Å². The molecule has 0 saturated carbocycles. The zero-order valence-corrected chi connectivity index (χ0v) is 9.09. The molecule has 2 rings (SSSR count). The Morgan fingerprint density at radius 1 is 1.00 bits per heavy atom. The van der Waals surface area contributed by atoms with Gasteiger partial charge in [-0.2, -0.15) is 0 Å². The van der Waals surface area contributed by atoms with Crippen LogP contribution in [0.1, 0.15) is 5.69 Å². The van der Waals surface area contributed by atoms with E-state index < -0.39 is 0 Å². The summed E-state index contributed by atoms with van der Waals surface area (Å²) in [6.07, 6.45) is 0. The van der Waals surface area contributed by atoms with Gasteiger partial charge in [0.15, 0.2) is 0 Å². The number of methoxy groups -OCH3 is 1. The lowest BCUT2D eigenvalue weighted by molar-refractivity contribution is 0.298. The van der Waals surface area contributed by atoms with Crippen LogP contribution in [0, 0.1) is 0 Å². The van der Waals surface area contributed by atoms with E-state index in [-0.39, 0.29) is 0 Å². The maximum atomic E-state index is 5.57. The quantitative estimate of drug-likeness (QED) is 0.785. The number of aromatic nitrogens is 1. The molecule has 2 aromatic rings. The Balaban J connectivity index is 1.99. The number of para-hydroxylation sites is 1. The zero-order chi connectivity index (χ0) is 11.2. The fourth-order valence-electron chi connectivity index (χ4n) is 1.33. The molecule has 82 valence electrons. The molecule has 0 fully saturated rings. The Morgan fingerprint density at radius 3 is 2.56 bits per heavy atom. The summed E-state index contributed by atoms with van der Waals surface area (Å²) in [6, 6.07) is 15.3. The summed E-state index contributed by atoms with van der Waals surface area (Å²) in [5.74, 6) is 1.45. The van der Waals surface area contributed by atoms with Gasteiger partial charge in [-0.25, -0.2) is 4.98 Å². The Morgan fingerprint density at radius 2 is 1.81 bits per heavy atom. The van der Waals surface area contributed by atoms with Gasteiger partial charge in [-0.1, -0.05) is 24.3 Å². The van der Waals surface area contributed by atoms with Crippen molar-refractivity contribution in [1.29, 1.82) is 0 Å².